The van der Waals surface area contributed by atoms with Gasteiger partial charge in [0.05, 0.1) is 0 Å². The summed E-state index contributed by atoms with van der Waals surface area (Å²) in [6.45, 7) is 3.47. The number of rotatable bonds is 5. The molecular weight excluding hydrogens is 158 g/mol. The molecule has 0 aromatic heterocycles. The number of unbranched alkanes of at least 4 members (excludes halogenated alkanes) is 1. The molecule has 1 atom stereocenters. The van der Waals surface area contributed by atoms with Crippen LogP contribution in [0.3, 0.4) is 0 Å². The lowest BCUT2D eigenvalue weighted by molar-refractivity contribution is 0.314. The van der Waals surface area contributed by atoms with Gasteiger partial charge in [-0.05, 0) is 38.6 Å². The highest BCUT2D eigenvalue weighted by molar-refractivity contribution is 4.94. The van der Waals surface area contributed by atoms with Crippen LogP contribution in [-0.4, -0.2) is 12.1 Å². The van der Waals surface area contributed by atoms with Crippen molar-refractivity contribution in [2.75, 3.05) is 6.54 Å². The Morgan fingerprint density at radius 3 is 2.85 bits per heavy atom. The van der Waals surface area contributed by atoms with Gasteiger partial charge in [0.2, 0.25) is 0 Å². The van der Waals surface area contributed by atoms with E-state index in [1.165, 1.54) is 45.1 Å². The molecule has 0 aromatic carbocycles. The minimum absolute atomic E-state index is 0.450. The van der Waals surface area contributed by atoms with Crippen LogP contribution in [0.15, 0.2) is 0 Å². The molecule has 0 aromatic rings. The van der Waals surface area contributed by atoms with Crippen LogP contribution < -0.4 is 5.32 Å². The maximum atomic E-state index is 5.26. The minimum atomic E-state index is 0.450. The van der Waals surface area contributed by atoms with Crippen molar-refractivity contribution in [1.82, 2.24) is 5.32 Å². The van der Waals surface area contributed by atoms with E-state index in [4.69, 9.17) is 6.42 Å². The summed E-state index contributed by atoms with van der Waals surface area (Å²) in [6.07, 6.45) is 13.9. The molecule has 0 saturated carbocycles. The van der Waals surface area contributed by atoms with Gasteiger partial charge in [-0.1, -0.05) is 13.3 Å². The zero-order chi connectivity index (χ0) is 9.57. The Kier molecular flexibility index (Phi) is 4.32. The molecule has 1 heteroatoms. The van der Waals surface area contributed by atoms with Gasteiger partial charge in [-0.25, -0.2) is 0 Å². The van der Waals surface area contributed by atoms with Crippen LogP contribution >= 0.6 is 0 Å². The summed E-state index contributed by atoms with van der Waals surface area (Å²) in [5.74, 6) is 2.72. The largest absolute Gasteiger partial charge is 0.311 e. The maximum absolute atomic E-state index is 5.26. The first-order valence-electron chi connectivity index (χ1n) is 5.51. The second-order valence-electron chi connectivity index (χ2n) is 4.12. The fourth-order valence-corrected chi connectivity index (χ4v) is 2.43. The summed E-state index contributed by atoms with van der Waals surface area (Å²) in [6, 6.07) is 0. The van der Waals surface area contributed by atoms with Crippen molar-refractivity contribution in [3.05, 3.63) is 0 Å². The molecule has 1 aliphatic heterocycles. The second kappa shape index (κ2) is 5.29. The Bertz CT molecular complexity index is 172. The molecule has 1 fully saturated rings. The Balaban J connectivity index is 2.33. The lowest BCUT2D eigenvalue weighted by atomic mass is 9.86. The monoisotopic (exact) mass is 179 g/mol. The van der Waals surface area contributed by atoms with Gasteiger partial charge in [0.1, 0.15) is 0 Å². The first-order chi connectivity index (χ1) is 6.33. The second-order valence-corrected chi connectivity index (χ2v) is 4.12. The van der Waals surface area contributed by atoms with Crippen LogP contribution in [0, 0.1) is 12.3 Å². The minimum Gasteiger partial charge on any atom is -0.311 e. The van der Waals surface area contributed by atoms with E-state index >= 15 is 0 Å². The quantitative estimate of drug-likeness (QED) is 0.505. The molecule has 1 unspecified atom stereocenters. The van der Waals surface area contributed by atoms with E-state index in [2.05, 4.69) is 18.2 Å². The fourth-order valence-electron chi connectivity index (χ4n) is 2.43. The third-order valence-electron chi connectivity index (χ3n) is 3.04. The average molecular weight is 179 g/mol. The molecule has 13 heavy (non-hydrogen) atoms. The lowest BCUT2D eigenvalue weighted by Crippen LogP contribution is -2.39. The van der Waals surface area contributed by atoms with Gasteiger partial charge in [-0.15, -0.1) is 12.3 Å². The Labute approximate surface area is 82.3 Å². The molecule has 1 rings (SSSR count). The highest BCUT2D eigenvalue weighted by atomic mass is 15.0. The molecule has 0 radical (unpaired) electrons. The number of hydrogen-bond donors (Lipinski definition) is 1. The van der Waals surface area contributed by atoms with E-state index in [1.807, 2.05) is 0 Å². The van der Waals surface area contributed by atoms with Crippen LogP contribution in [0.1, 0.15) is 51.9 Å². The van der Waals surface area contributed by atoms with E-state index in [1.54, 1.807) is 0 Å². The van der Waals surface area contributed by atoms with Crippen LogP contribution in [0.5, 0.6) is 0 Å². The van der Waals surface area contributed by atoms with Crippen molar-refractivity contribution in [3.63, 3.8) is 0 Å². The lowest BCUT2D eigenvalue weighted by Gasteiger charge is -2.29. The average Bonchev–Trinajstić information content (AvgIpc) is 2.55. The van der Waals surface area contributed by atoms with Gasteiger partial charge in [0, 0.05) is 12.0 Å². The van der Waals surface area contributed by atoms with Crippen LogP contribution in [0.25, 0.3) is 0 Å². The molecular formula is C12H21N. The molecule has 1 heterocycles. The van der Waals surface area contributed by atoms with Gasteiger partial charge in [0.15, 0.2) is 0 Å². The van der Waals surface area contributed by atoms with E-state index in [-0.39, 0.29) is 0 Å². The highest BCUT2D eigenvalue weighted by Gasteiger charge is 2.31. The molecule has 74 valence electrons. The van der Waals surface area contributed by atoms with Crippen molar-refractivity contribution < 1.29 is 0 Å². The van der Waals surface area contributed by atoms with E-state index in [0.29, 0.717) is 5.54 Å². The van der Waals surface area contributed by atoms with Crippen LogP contribution in [0.2, 0.25) is 0 Å². The summed E-state index contributed by atoms with van der Waals surface area (Å²) >= 11 is 0. The Hall–Kier alpha value is -0.480. The molecule has 1 saturated heterocycles. The molecule has 0 amide bonds. The van der Waals surface area contributed by atoms with E-state index in [0.717, 1.165) is 6.42 Å². The predicted molar refractivity (Wildman–Crippen MR) is 57.6 cm³/mol. The third kappa shape index (κ3) is 3.04. The Morgan fingerprint density at radius 2 is 2.31 bits per heavy atom. The Morgan fingerprint density at radius 1 is 1.46 bits per heavy atom. The summed E-state index contributed by atoms with van der Waals surface area (Å²) in [5, 5.41) is 3.66. The van der Waals surface area contributed by atoms with Crippen molar-refractivity contribution in [2.45, 2.75) is 57.4 Å². The molecule has 1 N–H and O–H groups in total. The van der Waals surface area contributed by atoms with Crippen LogP contribution in [-0.2, 0) is 0 Å². The molecule has 1 nitrogen and oxygen atoms in total. The number of nitrogens with one attached hydrogen (secondary N) is 1. The summed E-state index contributed by atoms with van der Waals surface area (Å²) in [5.41, 5.74) is 0.450. The zero-order valence-corrected chi connectivity index (χ0v) is 8.73. The van der Waals surface area contributed by atoms with Gasteiger partial charge < -0.3 is 5.32 Å². The fraction of sp³-hybridized carbons (Fsp3) is 0.833. The highest BCUT2D eigenvalue weighted by Crippen LogP contribution is 2.29. The SMILES string of the molecule is C#CCCCC1(CCC)CCCN1. The summed E-state index contributed by atoms with van der Waals surface area (Å²) in [7, 11) is 0. The van der Waals surface area contributed by atoms with Gasteiger partial charge >= 0.3 is 0 Å². The predicted octanol–water partition coefficient (Wildman–Crippen LogP) is 2.71. The van der Waals surface area contributed by atoms with E-state index in [9.17, 15) is 0 Å². The first-order valence-corrected chi connectivity index (χ1v) is 5.51. The smallest absolute Gasteiger partial charge is 0.0182 e. The van der Waals surface area contributed by atoms with Crippen molar-refractivity contribution in [1.29, 1.82) is 0 Å². The molecule has 0 bridgehead atoms. The standard InChI is InChI=1S/C12H21N/c1-3-5-6-9-12(8-4-2)10-7-11-13-12/h1,13H,4-11H2,2H3. The van der Waals surface area contributed by atoms with Crippen molar-refractivity contribution in [3.8, 4) is 12.3 Å². The molecule has 1 aliphatic rings. The van der Waals surface area contributed by atoms with Gasteiger partial charge in [-0.2, -0.15) is 0 Å². The maximum Gasteiger partial charge on any atom is 0.0182 e. The molecule has 0 spiro atoms. The third-order valence-corrected chi connectivity index (χ3v) is 3.04. The first kappa shape index (κ1) is 10.6. The summed E-state index contributed by atoms with van der Waals surface area (Å²) < 4.78 is 0. The normalized spacial score (nSPS) is 27.4. The number of terminal acetylenes is 1. The number of hydrogen-bond acceptors (Lipinski definition) is 1. The topological polar surface area (TPSA) is 12.0 Å². The van der Waals surface area contributed by atoms with Crippen molar-refractivity contribution >= 4 is 0 Å². The van der Waals surface area contributed by atoms with Gasteiger partial charge in [-0.3, -0.25) is 0 Å². The summed E-state index contributed by atoms with van der Waals surface area (Å²) in [4.78, 5) is 0. The van der Waals surface area contributed by atoms with E-state index < -0.39 is 0 Å². The zero-order valence-electron chi connectivity index (χ0n) is 8.73. The van der Waals surface area contributed by atoms with Crippen LogP contribution in [0.4, 0.5) is 0 Å². The molecule has 0 aliphatic carbocycles. The van der Waals surface area contributed by atoms with Crippen molar-refractivity contribution in [2.24, 2.45) is 0 Å². The van der Waals surface area contributed by atoms with Gasteiger partial charge in [0.25, 0.3) is 0 Å².